The number of hydrogen-bond donors (Lipinski definition) is 0. The molecule has 4 heteroatoms. The molecule has 2 aliphatic rings. The highest BCUT2D eigenvalue weighted by Gasteiger charge is 2.41. The van der Waals surface area contributed by atoms with Crippen molar-refractivity contribution in [3.05, 3.63) is 127 Å². The van der Waals surface area contributed by atoms with Gasteiger partial charge in [0.1, 0.15) is 11.2 Å². The lowest BCUT2D eigenvalue weighted by molar-refractivity contribution is 0.669. The fourth-order valence-corrected chi connectivity index (χ4v) is 7.51. The van der Waals surface area contributed by atoms with Crippen LogP contribution in [0.5, 0.6) is 0 Å². The van der Waals surface area contributed by atoms with Crippen molar-refractivity contribution >= 4 is 83.9 Å². The van der Waals surface area contributed by atoms with Gasteiger partial charge < -0.3 is 13.9 Å². The molecule has 10 rings (SSSR count). The van der Waals surface area contributed by atoms with Crippen LogP contribution in [0, 0.1) is 0 Å². The fourth-order valence-electron chi connectivity index (χ4n) is 7.51. The van der Waals surface area contributed by atoms with Gasteiger partial charge in [0.15, 0.2) is 0 Å². The van der Waals surface area contributed by atoms with Crippen LogP contribution in [-0.4, -0.2) is 11.3 Å². The lowest BCUT2D eigenvalue weighted by atomic mass is 9.34. The Hall–Kier alpha value is -5.22. The molecule has 40 heavy (non-hydrogen) atoms. The maximum atomic E-state index is 6.33. The second-order valence-corrected chi connectivity index (χ2v) is 10.9. The average Bonchev–Trinajstić information content (AvgIpc) is 3.56. The van der Waals surface area contributed by atoms with Crippen LogP contribution in [0.3, 0.4) is 0 Å². The van der Waals surface area contributed by atoms with E-state index in [9.17, 15) is 0 Å². The number of aromatic nitrogens is 1. The van der Waals surface area contributed by atoms with E-state index in [0.717, 1.165) is 11.2 Å². The zero-order valence-electron chi connectivity index (χ0n) is 21.5. The monoisotopic (exact) mass is 508 g/mol. The number of hydrogen-bond acceptors (Lipinski definition) is 2. The molecule has 0 unspecified atom stereocenters. The minimum atomic E-state index is 0.152. The molecule has 0 atom stereocenters. The zero-order valence-corrected chi connectivity index (χ0v) is 21.5. The molecule has 3 nitrogen and oxygen atoms in total. The third-order valence-corrected chi connectivity index (χ3v) is 8.97. The molecule has 0 N–H and O–H groups in total. The predicted molar refractivity (Wildman–Crippen MR) is 167 cm³/mol. The molecule has 4 heterocycles. The Labute approximate surface area is 230 Å². The molecular formula is C36H21BN2O. The predicted octanol–water partition coefficient (Wildman–Crippen LogP) is 7.30. The Morgan fingerprint density at radius 2 is 1.23 bits per heavy atom. The van der Waals surface area contributed by atoms with Crippen molar-refractivity contribution in [3.63, 3.8) is 0 Å². The molecule has 6 aromatic carbocycles. The Bertz CT molecular complexity index is 2350. The van der Waals surface area contributed by atoms with E-state index in [0.29, 0.717) is 0 Å². The van der Waals surface area contributed by atoms with Gasteiger partial charge in [0.05, 0.1) is 5.52 Å². The summed E-state index contributed by atoms with van der Waals surface area (Å²) in [6.45, 7) is 0.152. The summed E-state index contributed by atoms with van der Waals surface area (Å²) >= 11 is 0. The first kappa shape index (κ1) is 20.7. The minimum Gasteiger partial charge on any atom is -0.456 e. The van der Waals surface area contributed by atoms with Crippen LogP contribution in [0.15, 0.2) is 132 Å². The third-order valence-electron chi connectivity index (χ3n) is 8.97. The molecule has 8 aromatic rings. The van der Waals surface area contributed by atoms with Crippen LogP contribution in [0.4, 0.5) is 17.1 Å². The second kappa shape index (κ2) is 7.25. The molecular weight excluding hydrogens is 487 g/mol. The minimum absolute atomic E-state index is 0.152. The molecule has 0 radical (unpaired) electrons. The van der Waals surface area contributed by atoms with E-state index in [2.05, 4.69) is 131 Å². The van der Waals surface area contributed by atoms with E-state index in [-0.39, 0.29) is 6.71 Å². The Morgan fingerprint density at radius 1 is 0.500 bits per heavy atom. The molecule has 0 aliphatic carbocycles. The number of anilines is 3. The van der Waals surface area contributed by atoms with Crippen LogP contribution in [0.2, 0.25) is 0 Å². The maximum absolute atomic E-state index is 6.33. The summed E-state index contributed by atoms with van der Waals surface area (Å²) in [5, 5.41) is 4.92. The van der Waals surface area contributed by atoms with Gasteiger partial charge in [-0.1, -0.05) is 78.9 Å². The Kier molecular flexibility index (Phi) is 3.75. The van der Waals surface area contributed by atoms with Gasteiger partial charge in [-0.05, 0) is 64.9 Å². The SMILES string of the molecule is c1ccc(N2c3ccccc3B3c4c2cccc4-n2c4ccc5oc6ccccc6c5c4c4cccc3c42)cc1. The van der Waals surface area contributed by atoms with Crippen LogP contribution < -0.4 is 21.3 Å². The smallest absolute Gasteiger partial charge is 0.252 e. The summed E-state index contributed by atoms with van der Waals surface area (Å²) in [6, 6.07) is 46.1. The van der Waals surface area contributed by atoms with Gasteiger partial charge in [-0.15, -0.1) is 0 Å². The van der Waals surface area contributed by atoms with Crippen LogP contribution >= 0.6 is 0 Å². The topological polar surface area (TPSA) is 21.3 Å². The van der Waals surface area contributed by atoms with Crippen molar-refractivity contribution in [1.29, 1.82) is 0 Å². The molecule has 0 saturated carbocycles. The van der Waals surface area contributed by atoms with E-state index < -0.39 is 0 Å². The number of benzene rings is 6. The van der Waals surface area contributed by atoms with Gasteiger partial charge in [-0.2, -0.15) is 0 Å². The quantitative estimate of drug-likeness (QED) is 0.217. The van der Waals surface area contributed by atoms with Crippen molar-refractivity contribution in [2.75, 3.05) is 4.90 Å². The standard InChI is InChI=1S/C36H21BN2O/c1-2-10-22(11-3-1)38-27-16-6-5-14-25(27)37-26-15-8-13-24-33-28(39(36(24)26)30-18-9-17-29(38)35(30)37)20-21-32-34(33)23-12-4-7-19-31(23)40-32/h1-21H. The summed E-state index contributed by atoms with van der Waals surface area (Å²) in [6.07, 6.45) is 0. The highest BCUT2D eigenvalue weighted by atomic mass is 16.3. The molecule has 0 spiro atoms. The van der Waals surface area contributed by atoms with Gasteiger partial charge in [-0.25, -0.2) is 0 Å². The first-order chi connectivity index (χ1) is 19.9. The average molecular weight is 508 g/mol. The second-order valence-electron chi connectivity index (χ2n) is 10.9. The van der Waals surface area contributed by atoms with Crippen LogP contribution in [0.25, 0.3) is 49.4 Å². The number of para-hydroxylation sites is 4. The largest absolute Gasteiger partial charge is 0.456 e. The van der Waals surface area contributed by atoms with Crippen LogP contribution in [-0.2, 0) is 0 Å². The fraction of sp³-hybridized carbons (Fsp3) is 0. The number of rotatable bonds is 1. The van der Waals surface area contributed by atoms with Gasteiger partial charge in [-0.3, -0.25) is 0 Å². The van der Waals surface area contributed by atoms with Crippen molar-refractivity contribution in [2.24, 2.45) is 0 Å². The van der Waals surface area contributed by atoms with Crippen molar-refractivity contribution in [3.8, 4) is 5.69 Å². The van der Waals surface area contributed by atoms with Crippen molar-refractivity contribution in [1.82, 2.24) is 4.57 Å². The molecule has 0 fully saturated rings. The van der Waals surface area contributed by atoms with Gasteiger partial charge >= 0.3 is 0 Å². The maximum Gasteiger partial charge on any atom is 0.252 e. The van der Waals surface area contributed by atoms with Gasteiger partial charge in [0, 0.05) is 49.8 Å². The summed E-state index contributed by atoms with van der Waals surface area (Å²) in [4.78, 5) is 2.43. The summed E-state index contributed by atoms with van der Waals surface area (Å²) in [5.74, 6) is 0. The van der Waals surface area contributed by atoms with E-state index in [4.69, 9.17) is 4.42 Å². The molecule has 0 amide bonds. The molecule has 184 valence electrons. The highest BCUT2D eigenvalue weighted by Crippen LogP contribution is 2.44. The lowest BCUT2D eigenvalue weighted by Crippen LogP contribution is -2.60. The number of fused-ring (bicyclic) bond motifs is 11. The molecule has 0 bridgehead atoms. The third kappa shape index (κ3) is 2.39. The van der Waals surface area contributed by atoms with Crippen LogP contribution in [0.1, 0.15) is 0 Å². The number of furan rings is 1. The van der Waals surface area contributed by atoms with E-state index >= 15 is 0 Å². The van der Waals surface area contributed by atoms with E-state index in [1.165, 1.54) is 71.7 Å². The number of nitrogens with zero attached hydrogens (tertiary/aromatic N) is 2. The Balaban J connectivity index is 1.41. The van der Waals surface area contributed by atoms with Crippen molar-refractivity contribution in [2.45, 2.75) is 0 Å². The zero-order chi connectivity index (χ0) is 25.9. The Morgan fingerprint density at radius 3 is 2.17 bits per heavy atom. The summed E-state index contributed by atoms with van der Waals surface area (Å²) < 4.78 is 8.84. The summed E-state index contributed by atoms with van der Waals surface area (Å²) in [5.41, 5.74) is 13.4. The molecule has 0 saturated heterocycles. The van der Waals surface area contributed by atoms with E-state index in [1.54, 1.807) is 0 Å². The molecule has 2 aromatic heterocycles. The molecule has 2 aliphatic heterocycles. The van der Waals surface area contributed by atoms with E-state index in [1.807, 2.05) is 6.07 Å². The van der Waals surface area contributed by atoms with Gasteiger partial charge in [0.25, 0.3) is 6.71 Å². The first-order valence-corrected chi connectivity index (χ1v) is 13.8. The highest BCUT2D eigenvalue weighted by molar-refractivity contribution is 7.00. The van der Waals surface area contributed by atoms with Crippen molar-refractivity contribution < 1.29 is 4.42 Å². The normalized spacial score (nSPS) is 13.4. The lowest BCUT2D eigenvalue weighted by Gasteiger charge is -2.40. The first-order valence-electron chi connectivity index (χ1n) is 13.8. The summed E-state index contributed by atoms with van der Waals surface area (Å²) in [7, 11) is 0. The van der Waals surface area contributed by atoms with Gasteiger partial charge in [0.2, 0.25) is 0 Å².